The molecule has 0 aliphatic carbocycles. The van der Waals surface area contributed by atoms with Gasteiger partial charge in [0.25, 0.3) is 0 Å². The monoisotopic (exact) mass is 192 g/mol. The van der Waals surface area contributed by atoms with Gasteiger partial charge in [-0.25, -0.2) is 9.37 Å². The number of rotatable bonds is 1. The smallest absolute Gasteiger partial charge is 0.174 e. The second-order valence-electron chi connectivity index (χ2n) is 1.75. The summed E-state index contributed by atoms with van der Waals surface area (Å²) >= 11 is 3.07. The van der Waals surface area contributed by atoms with Crippen LogP contribution in [0.2, 0.25) is 0 Å². The first kappa shape index (κ1) is 6.74. The summed E-state index contributed by atoms with van der Waals surface area (Å²) in [6.45, 7) is 1.46. The molecule has 0 saturated heterocycles. The Morgan fingerprint density at radius 2 is 2.56 bits per heavy atom. The van der Waals surface area contributed by atoms with Gasteiger partial charge in [-0.05, 0) is 22.9 Å². The van der Waals surface area contributed by atoms with Gasteiger partial charge in [-0.2, -0.15) is 0 Å². The number of halogens is 2. The molecule has 0 aromatic carbocycles. The van der Waals surface area contributed by atoms with Crippen LogP contribution in [0.3, 0.4) is 0 Å². The van der Waals surface area contributed by atoms with Crippen LogP contribution in [0.4, 0.5) is 4.39 Å². The summed E-state index contributed by atoms with van der Waals surface area (Å²) in [6, 6.07) is 0. The summed E-state index contributed by atoms with van der Waals surface area (Å²) in [6.07, 6.45) is 0.498. The van der Waals surface area contributed by atoms with Crippen LogP contribution in [0.25, 0.3) is 0 Å². The van der Waals surface area contributed by atoms with Crippen molar-refractivity contribution in [2.75, 3.05) is 0 Å². The van der Waals surface area contributed by atoms with Crippen LogP contribution in [0.1, 0.15) is 18.8 Å². The molecule has 0 radical (unpaired) electrons. The van der Waals surface area contributed by atoms with Crippen molar-refractivity contribution in [1.82, 2.24) is 9.97 Å². The molecule has 1 aromatic rings. The Balaban J connectivity index is 2.85. The molecule has 2 nitrogen and oxygen atoms in total. The lowest BCUT2D eigenvalue weighted by Crippen LogP contribution is -1.82. The lowest BCUT2D eigenvalue weighted by atomic mass is 10.3. The van der Waals surface area contributed by atoms with Crippen molar-refractivity contribution >= 4 is 15.9 Å². The average Bonchev–Trinajstić information content (AvgIpc) is 2.14. The van der Waals surface area contributed by atoms with Gasteiger partial charge in [0.1, 0.15) is 6.17 Å². The molecule has 1 rings (SSSR count). The maximum absolute atomic E-state index is 12.4. The summed E-state index contributed by atoms with van der Waals surface area (Å²) in [7, 11) is 0. The fraction of sp³-hybridized carbons (Fsp3) is 0.400. The Morgan fingerprint density at radius 3 is 2.78 bits per heavy atom. The van der Waals surface area contributed by atoms with Crippen molar-refractivity contribution in [3.63, 3.8) is 0 Å². The number of H-pyrrole nitrogens is 1. The molecule has 0 aliphatic rings. The standard InChI is InChI=1S/C5H6BrFN2/c1-3(7)4-2-8-5(6)9-4/h2-3H,1H3,(H,8,9). The van der Waals surface area contributed by atoms with Crippen molar-refractivity contribution < 1.29 is 4.39 Å². The zero-order chi connectivity index (χ0) is 6.85. The van der Waals surface area contributed by atoms with Crippen molar-refractivity contribution in [3.8, 4) is 0 Å². The van der Waals surface area contributed by atoms with E-state index >= 15 is 0 Å². The highest BCUT2D eigenvalue weighted by molar-refractivity contribution is 9.10. The number of hydrogen-bond acceptors (Lipinski definition) is 1. The largest absolute Gasteiger partial charge is 0.334 e. The lowest BCUT2D eigenvalue weighted by Gasteiger charge is -1.92. The third-order valence-electron chi connectivity index (χ3n) is 0.993. The fourth-order valence-electron chi connectivity index (χ4n) is 0.512. The van der Waals surface area contributed by atoms with E-state index < -0.39 is 6.17 Å². The molecular formula is C5H6BrFN2. The summed E-state index contributed by atoms with van der Waals surface area (Å²) < 4.78 is 12.9. The minimum absolute atomic E-state index is 0.502. The average molecular weight is 193 g/mol. The minimum Gasteiger partial charge on any atom is -0.334 e. The molecule has 1 aromatic heterocycles. The van der Waals surface area contributed by atoms with Gasteiger partial charge in [0.2, 0.25) is 0 Å². The first-order valence-corrected chi connectivity index (χ1v) is 3.34. The summed E-state index contributed by atoms with van der Waals surface area (Å²) in [4.78, 5) is 6.46. The number of alkyl halides is 1. The van der Waals surface area contributed by atoms with Crippen LogP contribution in [0, 0.1) is 0 Å². The van der Waals surface area contributed by atoms with E-state index in [0.717, 1.165) is 0 Å². The zero-order valence-electron chi connectivity index (χ0n) is 4.86. The van der Waals surface area contributed by atoms with Gasteiger partial charge in [0.05, 0.1) is 11.9 Å². The predicted octanol–water partition coefficient (Wildman–Crippen LogP) is 2.20. The van der Waals surface area contributed by atoms with Crippen LogP contribution in [-0.4, -0.2) is 9.97 Å². The van der Waals surface area contributed by atoms with E-state index in [1.54, 1.807) is 0 Å². The van der Waals surface area contributed by atoms with Crippen molar-refractivity contribution in [3.05, 3.63) is 16.6 Å². The van der Waals surface area contributed by atoms with E-state index in [4.69, 9.17) is 0 Å². The quantitative estimate of drug-likeness (QED) is 0.727. The Hall–Kier alpha value is -0.380. The second kappa shape index (κ2) is 2.47. The Labute approximate surface area is 60.6 Å². The van der Waals surface area contributed by atoms with Crippen LogP contribution in [0.15, 0.2) is 10.9 Å². The molecule has 0 fully saturated rings. The van der Waals surface area contributed by atoms with Crippen LogP contribution in [0.5, 0.6) is 0 Å². The van der Waals surface area contributed by atoms with E-state index in [-0.39, 0.29) is 0 Å². The van der Waals surface area contributed by atoms with E-state index in [0.29, 0.717) is 10.4 Å². The molecule has 0 spiro atoms. The predicted molar refractivity (Wildman–Crippen MR) is 35.8 cm³/mol. The molecule has 1 N–H and O–H groups in total. The van der Waals surface area contributed by atoms with E-state index in [1.807, 2.05) is 0 Å². The summed E-state index contributed by atoms with van der Waals surface area (Å²) in [5.41, 5.74) is 0.502. The van der Waals surface area contributed by atoms with Crippen molar-refractivity contribution in [2.24, 2.45) is 0 Å². The molecule has 4 heteroatoms. The number of nitrogens with zero attached hydrogens (tertiary/aromatic N) is 1. The first-order valence-electron chi connectivity index (χ1n) is 2.54. The molecule has 0 saturated carbocycles. The van der Waals surface area contributed by atoms with Crippen molar-refractivity contribution in [2.45, 2.75) is 13.1 Å². The lowest BCUT2D eigenvalue weighted by molar-refractivity contribution is 0.366. The van der Waals surface area contributed by atoms with Gasteiger partial charge >= 0.3 is 0 Å². The van der Waals surface area contributed by atoms with Gasteiger partial charge in [0.15, 0.2) is 4.73 Å². The number of hydrogen-bond donors (Lipinski definition) is 1. The molecular weight excluding hydrogens is 187 g/mol. The highest BCUT2D eigenvalue weighted by Crippen LogP contribution is 2.14. The van der Waals surface area contributed by atoms with E-state index in [2.05, 4.69) is 25.9 Å². The van der Waals surface area contributed by atoms with Crippen LogP contribution < -0.4 is 0 Å². The van der Waals surface area contributed by atoms with E-state index in [9.17, 15) is 4.39 Å². The molecule has 1 heterocycles. The third-order valence-corrected chi connectivity index (χ3v) is 1.40. The SMILES string of the molecule is CC(F)c1cnc(Br)[nH]1. The van der Waals surface area contributed by atoms with Crippen molar-refractivity contribution in [1.29, 1.82) is 0 Å². The molecule has 0 aliphatic heterocycles. The second-order valence-corrected chi connectivity index (χ2v) is 2.50. The van der Waals surface area contributed by atoms with Crippen LogP contribution in [-0.2, 0) is 0 Å². The number of imidazole rings is 1. The van der Waals surface area contributed by atoms with E-state index in [1.165, 1.54) is 13.1 Å². The minimum atomic E-state index is -0.969. The molecule has 9 heavy (non-hydrogen) atoms. The zero-order valence-corrected chi connectivity index (χ0v) is 6.44. The first-order chi connectivity index (χ1) is 4.20. The third kappa shape index (κ3) is 1.51. The molecule has 0 bridgehead atoms. The van der Waals surface area contributed by atoms with Gasteiger partial charge < -0.3 is 4.98 Å². The Bertz CT molecular complexity index is 197. The molecule has 50 valence electrons. The Kier molecular flexibility index (Phi) is 1.85. The topological polar surface area (TPSA) is 28.7 Å². The molecule has 1 atom stereocenters. The molecule has 1 unspecified atom stereocenters. The highest BCUT2D eigenvalue weighted by atomic mass is 79.9. The number of aromatic amines is 1. The Morgan fingerprint density at radius 1 is 1.89 bits per heavy atom. The van der Waals surface area contributed by atoms with Gasteiger partial charge in [0, 0.05) is 0 Å². The van der Waals surface area contributed by atoms with Gasteiger partial charge in [-0.15, -0.1) is 0 Å². The maximum Gasteiger partial charge on any atom is 0.174 e. The maximum atomic E-state index is 12.4. The summed E-state index contributed by atoms with van der Waals surface area (Å²) in [5, 5.41) is 0. The molecule has 0 amide bonds. The van der Waals surface area contributed by atoms with Gasteiger partial charge in [-0.3, -0.25) is 0 Å². The summed E-state index contributed by atoms with van der Waals surface area (Å²) in [5.74, 6) is 0. The number of nitrogens with one attached hydrogen (secondary N) is 1. The fourth-order valence-corrected chi connectivity index (χ4v) is 0.843. The normalized spacial score (nSPS) is 13.7. The number of aromatic nitrogens is 2. The van der Waals surface area contributed by atoms with Gasteiger partial charge in [-0.1, -0.05) is 0 Å². The highest BCUT2D eigenvalue weighted by Gasteiger charge is 2.03. The van der Waals surface area contributed by atoms with Crippen LogP contribution >= 0.6 is 15.9 Å².